The zero-order valence-electron chi connectivity index (χ0n) is 9.95. The number of nitrogens with one attached hydrogen (secondary N) is 1. The summed E-state index contributed by atoms with van der Waals surface area (Å²) >= 11 is 0. The highest BCUT2D eigenvalue weighted by Crippen LogP contribution is 2.06. The van der Waals surface area contributed by atoms with E-state index in [1.807, 2.05) is 0 Å². The van der Waals surface area contributed by atoms with E-state index < -0.39 is 0 Å². The van der Waals surface area contributed by atoms with Crippen LogP contribution in [-0.2, 0) is 9.59 Å². The van der Waals surface area contributed by atoms with Gasteiger partial charge < -0.3 is 5.32 Å². The van der Waals surface area contributed by atoms with E-state index in [4.69, 9.17) is 0 Å². The van der Waals surface area contributed by atoms with Crippen LogP contribution in [-0.4, -0.2) is 36.1 Å². The molecule has 5 heteroatoms. The van der Waals surface area contributed by atoms with Crippen molar-refractivity contribution in [2.75, 3.05) is 13.6 Å². The largest absolute Gasteiger partial charge is 0.351 e. The van der Waals surface area contributed by atoms with Crippen molar-refractivity contribution in [2.45, 2.75) is 39.0 Å². The second-order valence-electron chi connectivity index (χ2n) is 3.93. The molecule has 1 heterocycles. The quantitative estimate of drug-likeness (QED) is 0.707. The highest BCUT2D eigenvalue weighted by molar-refractivity contribution is 6.39. The van der Waals surface area contributed by atoms with Crippen LogP contribution in [0.5, 0.6) is 0 Å². The molecule has 1 rings (SSSR count). The zero-order valence-corrected chi connectivity index (χ0v) is 9.95. The molecule has 0 aromatic carbocycles. The van der Waals surface area contributed by atoms with Gasteiger partial charge in [-0.05, 0) is 6.42 Å². The highest BCUT2D eigenvalue weighted by atomic mass is 16.2. The summed E-state index contributed by atoms with van der Waals surface area (Å²) in [4.78, 5) is 22.8. The van der Waals surface area contributed by atoms with Crippen LogP contribution in [0.4, 0.5) is 0 Å². The van der Waals surface area contributed by atoms with E-state index in [1.54, 1.807) is 7.05 Å². The maximum Gasteiger partial charge on any atom is 0.267 e. The minimum atomic E-state index is -0.143. The number of carbonyl (C=O) groups excluding carboxylic acids is 2. The molecule has 1 aliphatic heterocycles. The van der Waals surface area contributed by atoms with E-state index in [-0.39, 0.29) is 11.8 Å². The molecule has 1 N–H and O–H groups in total. The molecule has 16 heavy (non-hydrogen) atoms. The summed E-state index contributed by atoms with van der Waals surface area (Å²) in [6.07, 6.45) is 4.06. The number of carbonyl (C=O) groups is 2. The number of hydrazone groups is 1. The van der Waals surface area contributed by atoms with E-state index in [0.29, 0.717) is 25.1 Å². The number of unbranched alkanes of at least 4 members (excludes halogenated alkanes) is 2. The predicted octanol–water partition coefficient (Wildman–Crippen LogP) is 0.901. The van der Waals surface area contributed by atoms with Gasteiger partial charge in [0.1, 0.15) is 5.71 Å². The van der Waals surface area contributed by atoms with Gasteiger partial charge in [-0.1, -0.05) is 19.8 Å². The van der Waals surface area contributed by atoms with Gasteiger partial charge >= 0.3 is 0 Å². The van der Waals surface area contributed by atoms with Gasteiger partial charge in [-0.3, -0.25) is 9.59 Å². The Morgan fingerprint density at radius 2 is 2.19 bits per heavy atom. The van der Waals surface area contributed by atoms with Gasteiger partial charge in [0.2, 0.25) is 5.91 Å². The van der Waals surface area contributed by atoms with Crippen molar-refractivity contribution in [3.63, 3.8) is 0 Å². The maximum atomic E-state index is 11.6. The normalized spacial score (nSPS) is 16.0. The van der Waals surface area contributed by atoms with Gasteiger partial charge in [-0.15, -0.1) is 0 Å². The fourth-order valence-corrected chi connectivity index (χ4v) is 1.51. The van der Waals surface area contributed by atoms with Crippen molar-refractivity contribution < 1.29 is 9.59 Å². The van der Waals surface area contributed by atoms with Crippen LogP contribution in [0, 0.1) is 0 Å². The third kappa shape index (κ3) is 3.64. The Bertz CT molecular complexity index is 300. The number of hydrogen-bond donors (Lipinski definition) is 1. The Morgan fingerprint density at radius 3 is 2.81 bits per heavy atom. The zero-order chi connectivity index (χ0) is 12.0. The number of rotatable bonds is 5. The third-order valence-corrected chi connectivity index (χ3v) is 2.54. The van der Waals surface area contributed by atoms with Crippen molar-refractivity contribution in [3.8, 4) is 0 Å². The van der Waals surface area contributed by atoms with Crippen LogP contribution in [0.25, 0.3) is 0 Å². The van der Waals surface area contributed by atoms with Crippen LogP contribution >= 0.6 is 0 Å². The van der Waals surface area contributed by atoms with E-state index in [9.17, 15) is 9.59 Å². The summed E-state index contributed by atoms with van der Waals surface area (Å²) in [7, 11) is 1.58. The van der Waals surface area contributed by atoms with Gasteiger partial charge in [0, 0.05) is 26.4 Å². The van der Waals surface area contributed by atoms with E-state index in [0.717, 1.165) is 19.3 Å². The molecule has 0 unspecified atom stereocenters. The predicted molar refractivity (Wildman–Crippen MR) is 62.0 cm³/mol. The number of hydrogen-bond acceptors (Lipinski definition) is 3. The van der Waals surface area contributed by atoms with Crippen LogP contribution in [0.1, 0.15) is 39.0 Å². The van der Waals surface area contributed by atoms with Crippen molar-refractivity contribution in [1.82, 2.24) is 10.3 Å². The molecule has 0 atom stereocenters. The molecule has 5 nitrogen and oxygen atoms in total. The fourth-order valence-electron chi connectivity index (χ4n) is 1.51. The van der Waals surface area contributed by atoms with Crippen molar-refractivity contribution in [2.24, 2.45) is 5.10 Å². The summed E-state index contributed by atoms with van der Waals surface area (Å²) in [6.45, 7) is 2.80. The molecule has 0 aromatic rings. The van der Waals surface area contributed by atoms with E-state index in [2.05, 4.69) is 17.3 Å². The summed E-state index contributed by atoms with van der Waals surface area (Å²) in [5.41, 5.74) is 0.457. The molecule has 0 aromatic heterocycles. The summed E-state index contributed by atoms with van der Waals surface area (Å²) in [6, 6.07) is 0. The molecule has 1 aliphatic rings. The topological polar surface area (TPSA) is 61.8 Å². The Kier molecular flexibility index (Phi) is 4.95. The molecule has 2 amide bonds. The SMILES string of the molecule is CCCCCNC(=O)C1=NN(C)C(=O)CC1. The summed E-state index contributed by atoms with van der Waals surface area (Å²) in [5.74, 6) is -0.182. The lowest BCUT2D eigenvalue weighted by atomic mass is 10.1. The molecule has 90 valence electrons. The van der Waals surface area contributed by atoms with Gasteiger partial charge in [-0.25, -0.2) is 5.01 Å². The summed E-state index contributed by atoms with van der Waals surface area (Å²) < 4.78 is 0. The first-order valence-corrected chi connectivity index (χ1v) is 5.77. The monoisotopic (exact) mass is 225 g/mol. The van der Waals surface area contributed by atoms with Gasteiger partial charge in [0.05, 0.1) is 0 Å². The lowest BCUT2D eigenvalue weighted by molar-refractivity contribution is -0.130. The van der Waals surface area contributed by atoms with Crippen LogP contribution in [0.2, 0.25) is 0 Å². The first-order valence-electron chi connectivity index (χ1n) is 5.77. The molecular formula is C11H19N3O2. The second kappa shape index (κ2) is 6.25. The molecule has 0 saturated heterocycles. The molecule has 0 aliphatic carbocycles. The van der Waals surface area contributed by atoms with Gasteiger partial charge in [-0.2, -0.15) is 5.10 Å². The van der Waals surface area contributed by atoms with Gasteiger partial charge in [0.15, 0.2) is 0 Å². The minimum absolute atomic E-state index is 0.0393. The molecule has 0 fully saturated rings. The highest BCUT2D eigenvalue weighted by Gasteiger charge is 2.21. The van der Waals surface area contributed by atoms with Crippen LogP contribution in [0.15, 0.2) is 5.10 Å². The molecular weight excluding hydrogens is 206 g/mol. The molecule has 0 saturated carbocycles. The first-order chi connectivity index (χ1) is 7.65. The van der Waals surface area contributed by atoms with Crippen molar-refractivity contribution >= 4 is 17.5 Å². The average Bonchev–Trinajstić information content (AvgIpc) is 2.28. The Morgan fingerprint density at radius 1 is 1.44 bits per heavy atom. The number of amides is 2. The van der Waals surface area contributed by atoms with Crippen LogP contribution in [0.3, 0.4) is 0 Å². The maximum absolute atomic E-state index is 11.6. The lowest BCUT2D eigenvalue weighted by Crippen LogP contribution is -2.37. The Labute approximate surface area is 95.9 Å². The lowest BCUT2D eigenvalue weighted by Gasteiger charge is -2.18. The second-order valence-corrected chi connectivity index (χ2v) is 3.93. The Hall–Kier alpha value is -1.39. The van der Waals surface area contributed by atoms with Gasteiger partial charge in [0.25, 0.3) is 5.91 Å². The fraction of sp³-hybridized carbons (Fsp3) is 0.727. The van der Waals surface area contributed by atoms with Crippen LogP contribution < -0.4 is 5.32 Å². The number of nitrogens with zero attached hydrogens (tertiary/aromatic N) is 2. The molecule has 0 spiro atoms. The third-order valence-electron chi connectivity index (χ3n) is 2.54. The van der Waals surface area contributed by atoms with E-state index >= 15 is 0 Å². The first kappa shape index (κ1) is 12.7. The smallest absolute Gasteiger partial charge is 0.267 e. The van der Waals surface area contributed by atoms with Crippen molar-refractivity contribution in [1.29, 1.82) is 0 Å². The average molecular weight is 225 g/mol. The standard InChI is InChI=1S/C11H19N3O2/c1-3-4-5-8-12-11(16)9-6-7-10(15)14(2)13-9/h3-8H2,1-2H3,(H,12,16). The summed E-state index contributed by atoms with van der Waals surface area (Å²) in [5, 5.41) is 8.01. The molecule has 0 radical (unpaired) electrons. The van der Waals surface area contributed by atoms with Crippen molar-refractivity contribution in [3.05, 3.63) is 0 Å². The minimum Gasteiger partial charge on any atom is -0.351 e. The Balaban J connectivity index is 2.37. The molecule has 0 bridgehead atoms. The van der Waals surface area contributed by atoms with E-state index in [1.165, 1.54) is 5.01 Å².